The van der Waals surface area contributed by atoms with Gasteiger partial charge in [0.1, 0.15) is 18.2 Å². The number of nitrogens with one attached hydrogen (secondary N) is 2. The maximum absolute atomic E-state index is 13.1. The molecular formula is C26H25N3O3S. The number of rotatable bonds is 6. The van der Waals surface area contributed by atoms with Crippen LogP contribution in [0.15, 0.2) is 75.8 Å². The maximum atomic E-state index is 13.1. The number of aromatic nitrogens is 2. The number of allylic oxidation sites excluding steroid dienone is 2. The summed E-state index contributed by atoms with van der Waals surface area (Å²) in [6.07, 6.45) is 2.08. The molecule has 1 aliphatic heterocycles. The Balaban J connectivity index is 1.51. The van der Waals surface area contributed by atoms with E-state index < -0.39 is 5.92 Å². The van der Waals surface area contributed by atoms with Crippen LogP contribution in [0.1, 0.15) is 48.8 Å². The normalized spacial score (nSPS) is 17.2. The van der Waals surface area contributed by atoms with E-state index in [0.717, 1.165) is 41.2 Å². The highest BCUT2D eigenvalue weighted by Crippen LogP contribution is 2.43. The van der Waals surface area contributed by atoms with E-state index in [4.69, 9.17) is 4.74 Å². The molecule has 0 saturated carbocycles. The van der Waals surface area contributed by atoms with E-state index in [1.807, 2.05) is 61.5 Å². The average Bonchev–Trinajstić information content (AvgIpc) is 2.83. The summed E-state index contributed by atoms with van der Waals surface area (Å²) < 4.78 is 5.92. The van der Waals surface area contributed by atoms with Crippen LogP contribution in [0, 0.1) is 0 Å². The summed E-state index contributed by atoms with van der Waals surface area (Å²) in [6.45, 7) is 2.49. The number of hydrogen-bond donors (Lipinski definition) is 2. The van der Waals surface area contributed by atoms with Gasteiger partial charge in [0, 0.05) is 23.6 Å². The van der Waals surface area contributed by atoms with Gasteiger partial charge >= 0.3 is 0 Å². The van der Waals surface area contributed by atoms with E-state index in [9.17, 15) is 9.59 Å². The molecule has 168 valence electrons. The largest absolute Gasteiger partial charge is 0.489 e. The smallest absolute Gasteiger partial charge is 0.257 e. The summed E-state index contributed by atoms with van der Waals surface area (Å²) in [5, 5.41) is 3.89. The molecule has 0 fully saturated rings. The van der Waals surface area contributed by atoms with Crippen molar-refractivity contribution in [3.05, 3.63) is 92.9 Å². The Kier molecular flexibility index (Phi) is 6.05. The maximum Gasteiger partial charge on any atom is 0.257 e. The Hall–Kier alpha value is -3.32. The van der Waals surface area contributed by atoms with E-state index >= 15 is 0 Å². The SMILES string of the molecule is CCSc1nc2c(c(=O)[nH]1)[C@@H](c1ccc(OCc3ccccc3)cc1)C1=C(CCCC1=O)N2. The summed E-state index contributed by atoms with van der Waals surface area (Å²) in [5.74, 6) is 1.75. The lowest BCUT2D eigenvalue weighted by atomic mass is 9.76. The Morgan fingerprint density at radius 3 is 2.61 bits per heavy atom. The lowest BCUT2D eigenvalue weighted by molar-refractivity contribution is -0.116. The van der Waals surface area contributed by atoms with Crippen molar-refractivity contribution in [3.63, 3.8) is 0 Å². The topological polar surface area (TPSA) is 84.1 Å². The number of benzene rings is 2. The summed E-state index contributed by atoms with van der Waals surface area (Å²) in [6, 6.07) is 17.7. The minimum Gasteiger partial charge on any atom is -0.489 e. The van der Waals surface area contributed by atoms with E-state index in [1.54, 1.807) is 0 Å². The van der Waals surface area contributed by atoms with Crippen molar-refractivity contribution in [2.24, 2.45) is 0 Å². The molecule has 0 spiro atoms. The second kappa shape index (κ2) is 9.27. The molecule has 3 aromatic rings. The summed E-state index contributed by atoms with van der Waals surface area (Å²) in [4.78, 5) is 33.7. The van der Waals surface area contributed by atoms with Gasteiger partial charge in [-0.15, -0.1) is 0 Å². The molecule has 2 heterocycles. The predicted molar refractivity (Wildman–Crippen MR) is 130 cm³/mol. The second-order valence-corrected chi connectivity index (χ2v) is 9.39. The summed E-state index contributed by atoms with van der Waals surface area (Å²) >= 11 is 1.49. The first-order valence-corrected chi connectivity index (χ1v) is 12.2. The number of H-pyrrole nitrogens is 1. The Morgan fingerprint density at radius 2 is 1.85 bits per heavy atom. The van der Waals surface area contributed by atoms with Gasteiger partial charge in [0.25, 0.3) is 5.56 Å². The molecule has 0 amide bonds. The first-order valence-electron chi connectivity index (χ1n) is 11.2. The highest BCUT2D eigenvalue weighted by atomic mass is 32.2. The first kappa shape index (κ1) is 21.5. The molecule has 1 aliphatic carbocycles. The number of thioether (sulfide) groups is 1. The number of aromatic amines is 1. The number of ether oxygens (including phenoxy) is 1. The second-order valence-electron chi connectivity index (χ2n) is 8.14. The van der Waals surface area contributed by atoms with Crippen molar-refractivity contribution in [2.45, 2.75) is 43.9 Å². The van der Waals surface area contributed by atoms with Crippen molar-refractivity contribution < 1.29 is 9.53 Å². The zero-order valence-electron chi connectivity index (χ0n) is 18.4. The number of anilines is 1. The molecule has 1 aromatic heterocycles. The van der Waals surface area contributed by atoms with Crippen LogP contribution in [0.2, 0.25) is 0 Å². The van der Waals surface area contributed by atoms with Crippen LogP contribution < -0.4 is 15.6 Å². The molecule has 0 saturated heterocycles. The van der Waals surface area contributed by atoms with Crippen molar-refractivity contribution in [3.8, 4) is 5.75 Å². The lowest BCUT2D eigenvalue weighted by Gasteiger charge is -2.32. The molecular weight excluding hydrogens is 434 g/mol. The van der Waals surface area contributed by atoms with Gasteiger partial charge < -0.3 is 15.0 Å². The number of carbonyl (C=O) groups is 1. The van der Waals surface area contributed by atoms with Crippen molar-refractivity contribution in [1.82, 2.24) is 9.97 Å². The van der Waals surface area contributed by atoms with Crippen LogP contribution >= 0.6 is 11.8 Å². The van der Waals surface area contributed by atoms with Crippen LogP contribution in [0.3, 0.4) is 0 Å². The van der Waals surface area contributed by atoms with E-state index in [1.165, 1.54) is 11.8 Å². The number of fused-ring (bicyclic) bond motifs is 1. The third-order valence-corrected chi connectivity index (χ3v) is 6.73. The molecule has 0 unspecified atom stereocenters. The molecule has 2 aliphatic rings. The third-order valence-electron chi connectivity index (χ3n) is 5.98. The van der Waals surface area contributed by atoms with Gasteiger partial charge in [-0.25, -0.2) is 4.98 Å². The number of Topliss-reactive ketones (excluding diaryl/α,β-unsaturated/α-hetero) is 1. The number of carbonyl (C=O) groups excluding carboxylic acids is 1. The fourth-order valence-corrected chi connectivity index (χ4v) is 5.07. The lowest BCUT2D eigenvalue weighted by Crippen LogP contribution is -2.32. The fraction of sp³-hybridized carbons (Fsp3) is 0.269. The van der Waals surface area contributed by atoms with E-state index in [2.05, 4.69) is 15.3 Å². The number of ketones is 1. The Labute approximate surface area is 196 Å². The van der Waals surface area contributed by atoms with Gasteiger partial charge in [0.2, 0.25) is 0 Å². The molecule has 5 rings (SSSR count). The van der Waals surface area contributed by atoms with Crippen molar-refractivity contribution >= 4 is 23.4 Å². The van der Waals surface area contributed by atoms with Gasteiger partial charge in [-0.1, -0.05) is 61.2 Å². The molecule has 1 atom stereocenters. The average molecular weight is 460 g/mol. The zero-order valence-corrected chi connectivity index (χ0v) is 19.2. The highest BCUT2D eigenvalue weighted by Gasteiger charge is 2.37. The highest BCUT2D eigenvalue weighted by molar-refractivity contribution is 7.99. The fourth-order valence-electron chi connectivity index (χ4n) is 4.48. The van der Waals surface area contributed by atoms with Crippen LogP contribution in [-0.4, -0.2) is 21.5 Å². The number of hydrogen-bond acceptors (Lipinski definition) is 6. The summed E-state index contributed by atoms with van der Waals surface area (Å²) in [5.41, 5.74) is 3.85. The van der Waals surface area contributed by atoms with Gasteiger partial charge in [0.15, 0.2) is 10.9 Å². The first-order chi connectivity index (χ1) is 16.1. The molecule has 6 nitrogen and oxygen atoms in total. The van der Waals surface area contributed by atoms with Crippen molar-refractivity contribution in [2.75, 3.05) is 11.1 Å². The standard InChI is InChI=1S/C26H25N3O3S/c1-2-33-26-28-24-23(25(31)29-26)21(22-19(27-24)9-6-10-20(22)30)17-11-13-18(14-12-17)32-15-16-7-4-3-5-8-16/h3-5,7-8,11-14,21H,2,6,9-10,15H2,1H3,(H2,27,28,29,31)/t21-/m0/s1. The minimum absolute atomic E-state index is 0.0928. The van der Waals surface area contributed by atoms with Crippen LogP contribution in [0.4, 0.5) is 5.82 Å². The van der Waals surface area contributed by atoms with Gasteiger partial charge in [-0.2, -0.15) is 0 Å². The molecule has 7 heteroatoms. The third kappa shape index (κ3) is 4.33. The zero-order chi connectivity index (χ0) is 22.8. The molecule has 0 bridgehead atoms. The van der Waals surface area contributed by atoms with Crippen molar-refractivity contribution in [1.29, 1.82) is 0 Å². The predicted octanol–water partition coefficient (Wildman–Crippen LogP) is 5.03. The Morgan fingerprint density at radius 1 is 1.06 bits per heavy atom. The molecule has 33 heavy (non-hydrogen) atoms. The Bertz CT molecular complexity index is 1270. The van der Waals surface area contributed by atoms with Gasteiger partial charge in [-0.05, 0) is 41.9 Å². The van der Waals surface area contributed by atoms with E-state index in [-0.39, 0.29) is 11.3 Å². The molecule has 0 radical (unpaired) electrons. The number of nitrogens with zero attached hydrogens (tertiary/aromatic N) is 1. The summed E-state index contributed by atoms with van der Waals surface area (Å²) in [7, 11) is 0. The van der Waals surface area contributed by atoms with Gasteiger partial charge in [0.05, 0.1) is 5.56 Å². The molecule has 2 aromatic carbocycles. The van der Waals surface area contributed by atoms with Gasteiger partial charge in [-0.3, -0.25) is 9.59 Å². The van der Waals surface area contributed by atoms with Crippen LogP contribution in [0.5, 0.6) is 5.75 Å². The van der Waals surface area contributed by atoms with Crippen LogP contribution in [-0.2, 0) is 11.4 Å². The minimum atomic E-state index is -0.441. The molecule has 2 N–H and O–H groups in total. The van der Waals surface area contributed by atoms with Crippen LogP contribution in [0.25, 0.3) is 0 Å². The van der Waals surface area contributed by atoms with E-state index in [0.29, 0.717) is 35.1 Å². The monoisotopic (exact) mass is 459 g/mol. The quantitative estimate of drug-likeness (QED) is 0.398.